The second-order valence-corrected chi connectivity index (χ2v) is 8.73. The predicted octanol–water partition coefficient (Wildman–Crippen LogP) is 5.32. The molecule has 1 aliphatic heterocycles. The van der Waals surface area contributed by atoms with Crippen molar-refractivity contribution in [2.45, 2.75) is 23.6 Å². The topological polar surface area (TPSA) is 72.8 Å². The third kappa shape index (κ3) is 8.47. The van der Waals surface area contributed by atoms with Gasteiger partial charge in [-0.1, -0.05) is 12.1 Å². The number of benzene rings is 2. The van der Waals surface area contributed by atoms with Gasteiger partial charge in [-0.2, -0.15) is 9.98 Å². The minimum absolute atomic E-state index is 0.375. The normalized spacial score (nSPS) is 16.4. The molecule has 2 aromatic carbocycles. The Balaban J connectivity index is 1.26. The first-order valence-corrected chi connectivity index (χ1v) is 11.9. The molecule has 2 aromatic rings. The van der Waals surface area contributed by atoms with Gasteiger partial charge < -0.3 is 21.3 Å². The lowest BCUT2D eigenvalue weighted by atomic mass is 10.3. The van der Waals surface area contributed by atoms with Crippen molar-refractivity contribution < 1.29 is 0 Å². The highest BCUT2D eigenvalue weighted by molar-refractivity contribution is 8.07. The Labute approximate surface area is 202 Å². The highest BCUT2D eigenvalue weighted by Crippen LogP contribution is 2.39. The van der Waals surface area contributed by atoms with E-state index in [1.54, 1.807) is 0 Å². The van der Waals surface area contributed by atoms with Crippen molar-refractivity contribution in [3.63, 3.8) is 0 Å². The van der Waals surface area contributed by atoms with E-state index in [0.717, 1.165) is 48.7 Å². The van der Waals surface area contributed by atoms with Crippen molar-refractivity contribution in [3.8, 4) is 0 Å². The Morgan fingerprint density at radius 1 is 0.903 bits per heavy atom. The van der Waals surface area contributed by atoms with Crippen LogP contribution in [0.15, 0.2) is 58.5 Å². The maximum Gasteiger partial charge on any atom is 0.170 e. The number of aliphatic imine (C=N–C) groups is 2. The van der Waals surface area contributed by atoms with Gasteiger partial charge in [-0.15, -0.1) is 11.8 Å². The van der Waals surface area contributed by atoms with Gasteiger partial charge in [0.1, 0.15) is 0 Å². The van der Waals surface area contributed by atoms with Gasteiger partial charge in [0.15, 0.2) is 5.11 Å². The number of anilines is 2. The van der Waals surface area contributed by atoms with Gasteiger partial charge in [0, 0.05) is 17.9 Å². The molecule has 1 heterocycles. The van der Waals surface area contributed by atoms with Crippen molar-refractivity contribution in [2.24, 2.45) is 9.98 Å². The van der Waals surface area contributed by atoms with E-state index in [4.69, 9.17) is 12.2 Å². The van der Waals surface area contributed by atoms with Crippen LogP contribution in [0.2, 0.25) is 0 Å². The van der Waals surface area contributed by atoms with Crippen LogP contribution in [0.4, 0.5) is 22.7 Å². The Morgan fingerprint density at radius 3 is 2.26 bits per heavy atom. The summed E-state index contributed by atoms with van der Waals surface area (Å²) in [5.74, 6) is 0. The third-order valence-electron chi connectivity index (χ3n) is 4.33. The quantitative estimate of drug-likeness (QED) is 0.147. The van der Waals surface area contributed by atoms with Gasteiger partial charge in [0.05, 0.1) is 32.4 Å². The van der Waals surface area contributed by atoms with E-state index in [1.807, 2.05) is 60.3 Å². The van der Waals surface area contributed by atoms with Crippen LogP contribution in [-0.4, -0.2) is 39.3 Å². The summed E-state index contributed by atoms with van der Waals surface area (Å²) in [4.78, 5) is 7.98. The Bertz CT molecular complexity index is 1000. The van der Waals surface area contributed by atoms with Crippen molar-refractivity contribution in [3.05, 3.63) is 48.5 Å². The number of nitrogens with zero attached hydrogens (tertiary/aromatic N) is 2. The van der Waals surface area contributed by atoms with Crippen LogP contribution in [0.3, 0.4) is 0 Å². The second kappa shape index (κ2) is 12.6. The molecule has 0 saturated carbocycles. The lowest BCUT2D eigenvalue weighted by Gasteiger charge is -2.11. The molecule has 4 N–H and O–H groups in total. The molecule has 0 amide bonds. The number of isothiocyanates is 2. The standard InChI is InChI=1S/C21H22N6S4/c28-13-24-15-5-3-7-17(11-15)26-20-19(31-20)22-9-1-2-10-23-21(30)27-18-8-4-6-16(12-18)25-14-29/h3-8,11-12,19-20,22,26H,1-2,9-10H2,(H2,23,27,30). The number of rotatable bonds is 11. The molecule has 2 atom stereocenters. The largest absolute Gasteiger partial charge is 0.371 e. The summed E-state index contributed by atoms with van der Waals surface area (Å²) in [5, 5.41) is 19.6. The molecular weight excluding hydrogens is 465 g/mol. The average Bonchev–Trinajstić information content (AvgIpc) is 3.49. The molecule has 0 aliphatic carbocycles. The smallest absolute Gasteiger partial charge is 0.170 e. The maximum atomic E-state index is 5.34. The van der Waals surface area contributed by atoms with E-state index in [9.17, 15) is 0 Å². The molecule has 0 bridgehead atoms. The van der Waals surface area contributed by atoms with Gasteiger partial charge in [0.25, 0.3) is 0 Å². The zero-order chi connectivity index (χ0) is 21.9. The number of nitrogens with one attached hydrogen (secondary N) is 4. The molecule has 0 radical (unpaired) electrons. The molecule has 1 saturated heterocycles. The van der Waals surface area contributed by atoms with E-state index < -0.39 is 0 Å². The van der Waals surface area contributed by atoms with Crippen LogP contribution >= 0.6 is 48.4 Å². The fourth-order valence-electron chi connectivity index (χ4n) is 2.84. The Morgan fingerprint density at radius 2 is 1.55 bits per heavy atom. The number of thioether (sulfide) groups is 1. The number of thiocarbonyl (C=S) groups is 3. The van der Waals surface area contributed by atoms with Gasteiger partial charge in [-0.3, -0.25) is 0 Å². The highest BCUT2D eigenvalue weighted by Gasteiger charge is 2.37. The van der Waals surface area contributed by atoms with Crippen LogP contribution in [0.1, 0.15) is 12.8 Å². The third-order valence-corrected chi connectivity index (χ3v) is 5.86. The number of hydrogen-bond acceptors (Lipinski definition) is 8. The minimum atomic E-state index is 0.375. The fraction of sp³-hybridized carbons (Fsp3) is 0.286. The van der Waals surface area contributed by atoms with Gasteiger partial charge in [-0.25, -0.2) is 0 Å². The zero-order valence-electron chi connectivity index (χ0n) is 16.6. The first-order chi connectivity index (χ1) is 15.2. The summed E-state index contributed by atoms with van der Waals surface area (Å²) in [6.45, 7) is 1.78. The highest BCUT2D eigenvalue weighted by atomic mass is 32.2. The molecule has 0 aromatic heterocycles. The van der Waals surface area contributed by atoms with E-state index in [2.05, 4.69) is 66.0 Å². The van der Waals surface area contributed by atoms with Gasteiger partial charge in [0.2, 0.25) is 0 Å². The van der Waals surface area contributed by atoms with Crippen LogP contribution in [0, 0.1) is 0 Å². The lowest BCUT2D eigenvalue weighted by molar-refractivity contribution is 0.621. The average molecular weight is 487 g/mol. The molecule has 160 valence electrons. The summed E-state index contributed by atoms with van der Waals surface area (Å²) < 4.78 is 0. The first kappa shape index (κ1) is 23.5. The van der Waals surface area contributed by atoms with E-state index in [1.165, 1.54) is 0 Å². The molecule has 3 rings (SSSR count). The molecule has 0 spiro atoms. The fourth-order valence-corrected chi connectivity index (χ4v) is 4.08. The van der Waals surface area contributed by atoms with Crippen LogP contribution in [0.25, 0.3) is 0 Å². The molecule has 10 heteroatoms. The molecule has 2 unspecified atom stereocenters. The van der Waals surface area contributed by atoms with Crippen LogP contribution in [0.5, 0.6) is 0 Å². The zero-order valence-corrected chi connectivity index (χ0v) is 19.9. The summed E-state index contributed by atoms with van der Waals surface area (Å²) in [6.07, 6.45) is 2.09. The van der Waals surface area contributed by atoms with Gasteiger partial charge >= 0.3 is 0 Å². The summed E-state index contributed by atoms with van der Waals surface area (Å²) in [5.41, 5.74) is 3.47. The van der Waals surface area contributed by atoms with Crippen LogP contribution < -0.4 is 21.3 Å². The van der Waals surface area contributed by atoms with Crippen molar-refractivity contribution in [1.82, 2.24) is 10.6 Å². The maximum absolute atomic E-state index is 5.34. The number of hydrogen-bond donors (Lipinski definition) is 4. The predicted molar refractivity (Wildman–Crippen MR) is 143 cm³/mol. The van der Waals surface area contributed by atoms with Crippen molar-refractivity contribution in [2.75, 3.05) is 23.7 Å². The molecule has 31 heavy (non-hydrogen) atoms. The van der Waals surface area contributed by atoms with Crippen molar-refractivity contribution >= 4 is 86.6 Å². The molecular formula is C21H22N6S4. The van der Waals surface area contributed by atoms with Gasteiger partial charge in [-0.05, 0) is 92.4 Å². The second-order valence-electron chi connectivity index (χ2n) is 6.67. The molecule has 6 nitrogen and oxygen atoms in total. The summed E-state index contributed by atoms with van der Waals surface area (Å²) in [7, 11) is 0. The molecule has 1 fully saturated rings. The Kier molecular flexibility index (Phi) is 9.58. The lowest BCUT2D eigenvalue weighted by Crippen LogP contribution is -2.30. The first-order valence-electron chi connectivity index (χ1n) is 9.74. The van der Waals surface area contributed by atoms with Crippen molar-refractivity contribution in [1.29, 1.82) is 0 Å². The monoisotopic (exact) mass is 486 g/mol. The summed E-state index contributed by atoms with van der Waals surface area (Å²) in [6, 6.07) is 15.4. The number of unbranched alkanes of at least 4 members (excludes halogenated alkanes) is 1. The van der Waals surface area contributed by atoms with E-state index in [0.29, 0.717) is 15.9 Å². The van der Waals surface area contributed by atoms with Crippen LogP contribution in [-0.2, 0) is 0 Å². The Hall–Kier alpha value is -2.16. The van der Waals surface area contributed by atoms with E-state index >= 15 is 0 Å². The summed E-state index contributed by atoms with van der Waals surface area (Å²) >= 11 is 16.5. The molecule has 1 aliphatic rings. The minimum Gasteiger partial charge on any atom is -0.371 e. The SMILES string of the molecule is S=C=Nc1cccc(NC(=S)NCCCCNC2SC2Nc2cccc(N=C=S)c2)c1. The van der Waals surface area contributed by atoms with E-state index in [-0.39, 0.29) is 0 Å².